The lowest BCUT2D eigenvalue weighted by Gasteiger charge is -2.11. The largest absolute Gasteiger partial charge is 0.351 e. The monoisotopic (exact) mass is 265 g/mol. The van der Waals surface area contributed by atoms with Gasteiger partial charge in [0.25, 0.3) is 5.95 Å². The first-order chi connectivity index (χ1) is 8.81. The molecule has 3 rings (SSSR count). The molecule has 7 nitrogen and oxygen atoms in total. The summed E-state index contributed by atoms with van der Waals surface area (Å²) in [5.74, 6) is 0.861. The van der Waals surface area contributed by atoms with Crippen molar-refractivity contribution in [1.82, 2.24) is 29.7 Å². The van der Waals surface area contributed by atoms with Crippen LogP contribution in [0.4, 0.5) is 5.95 Å². The Hall–Kier alpha value is -1.76. The zero-order valence-corrected chi connectivity index (χ0v) is 10.4. The number of nitrogens with zero attached hydrogens (tertiary/aromatic N) is 6. The summed E-state index contributed by atoms with van der Waals surface area (Å²) >= 11 is 5.89. The van der Waals surface area contributed by atoms with Gasteiger partial charge >= 0.3 is 0 Å². The van der Waals surface area contributed by atoms with E-state index in [9.17, 15) is 0 Å². The highest BCUT2D eigenvalue weighted by molar-refractivity contribution is 6.28. The van der Waals surface area contributed by atoms with Gasteiger partial charge in [0, 0.05) is 6.04 Å². The Morgan fingerprint density at radius 1 is 1.22 bits per heavy atom. The van der Waals surface area contributed by atoms with Crippen LogP contribution in [-0.2, 0) is 0 Å². The van der Waals surface area contributed by atoms with E-state index in [2.05, 4.69) is 30.4 Å². The Kier molecular flexibility index (Phi) is 3.06. The van der Waals surface area contributed by atoms with Gasteiger partial charge in [-0.2, -0.15) is 24.7 Å². The minimum absolute atomic E-state index is 0.149. The highest BCUT2D eigenvalue weighted by Gasteiger charge is 2.16. The minimum Gasteiger partial charge on any atom is -0.351 e. The number of anilines is 1. The number of halogens is 1. The molecule has 2 aromatic heterocycles. The fraction of sp³-hybridized carbons (Fsp3) is 0.500. The van der Waals surface area contributed by atoms with Crippen molar-refractivity contribution >= 4 is 17.5 Å². The molecule has 1 N–H and O–H groups in total. The second kappa shape index (κ2) is 4.85. The third-order valence-electron chi connectivity index (χ3n) is 2.91. The van der Waals surface area contributed by atoms with Gasteiger partial charge in [-0.15, -0.1) is 0 Å². The molecule has 0 aromatic carbocycles. The van der Waals surface area contributed by atoms with Gasteiger partial charge in [0.1, 0.15) is 12.7 Å². The fourth-order valence-corrected chi connectivity index (χ4v) is 2.23. The van der Waals surface area contributed by atoms with Crippen LogP contribution in [0.25, 0.3) is 5.95 Å². The zero-order chi connectivity index (χ0) is 12.4. The van der Waals surface area contributed by atoms with Crippen molar-refractivity contribution < 1.29 is 0 Å². The normalized spacial score (nSPS) is 16.1. The summed E-state index contributed by atoms with van der Waals surface area (Å²) in [7, 11) is 0. The van der Waals surface area contributed by atoms with E-state index >= 15 is 0 Å². The molecule has 1 saturated carbocycles. The number of hydrogen-bond donors (Lipinski definition) is 1. The van der Waals surface area contributed by atoms with Crippen molar-refractivity contribution in [2.24, 2.45) is 0 Å². The number of aromatic nitrogens is 6. The summed E-state index contributed by atoms with van der Waals surface area (Å²) in [5.41, 5.74) is 0. The van der Waals surface area contributed by atoms with E-state index in [0.717, 1.165) is 12.8 Å². The number of hydrogen-bond acceptors (Lipinski definition) is 6. The fourth-order valence-electron chi connectivity index (χ4n) is 2.07. The smallest absolute Gasteiger partial charge is 0.258 e. The van der Waals surface area contributed by atoms with Crippen LogP contribution in [0.5, 0.6) is 0 Å². The molecule has 0 aliphatic heterocycles. The van der Waals surface area contributed by atoms with Crippen LogP contribution in [0.15, 0.2) is 12.7 Å². The van der Waals surface area contributed by atoms with Gasteiger partial charge in [-0.05, 0) is 24.4 Å². The minimum atomic E-state index is 0.149. The molecule has 2 heterocycles. The molecule has 0 unspecified atom stereocenters. The third-order valence-corrected chi connectivity index (χ3v) is 3.08. The molecule has 94 valence electrons. The third kappa shape index (κ3) is 2.40. The summed E-state index contributed by atoms with van der Waals surface area (Å²) in [6.45, 7) is 0. The van der Waals surface area contributed by atoms with E-state index in [0.29, 0.717) is 17.9 Å². The lowest BCUT2D eigenvalue weighted by molar-refractivity contribution is 0.732. The Morgan fingerprint density at radius 2 is 2.06 bits per heavy atom. The number of rotatable bonds is 3. The first-order valence-corrected chi connectivity index (χ1v) is 6.22. The van der Waals surface area contributed by atoms with Gasteiger partial charge in [-0.25, -0.2) is 4.98 Å². The standard InChI is InChI=1S/C10H12ClN7/c11-8-15-9(14-7-3-1-2-4-7)17-10(16-8)18-6-12-5-13-18/h5-7H,1-4H2,(H,14,15,16,17). The number of nitrogens with one attached hydrogen (secondary N) is 1. The molecule has 0 bridgehead atoms. The van der Waals surface area contributed by atoms with Gasteiger partial charge in [-0.3, -0.25) is 0 Å². The molecule has 2 aromatic rings. The van der Waals surface area contributed by atoms with Gasteiger partial charge in [0.05, 0.1) is 0 Å². The van der Waals surface area contributed by atoms with E-state index in [1.165, 1.54) is 30.2 Å². The summed E-state index contributed by atoms with van der Waals surface area (Å²) in [5, 5.41) is 7.39. The average molecular weight is 266 g/mol. The van der Waals surface area contributed by atoms with Gasteiger partial charge in [0.15, 0.2) is 0 Å². The molecular formula is C10H12ClN7. The quantitative estimate of drug-likeness (QED) is 0.905. The zero-order valence-electron chi connectivity index (χ0n) is 9.62. The molecule has 0 spiro atoms. The summed E-state index contributed by atoms with van der Waals surface area (Å²) in [6, 6.07) is 0.423. The Morgan fingerprint density at radius 3 is 2.78 bits per heavy atom. The Bertz CT molecular complexity index is 521. The molecule has 1 aliphatic carbocycles. The predicted octanol–water partition coefficient (Wildman–Crippen LogP) is 1.46. The molecule has 0 atom stereocenters. The van der Waals surface area contributed by atoms with Gasteiger partial charge in [-0.1, -0.05) is 12.8 Å². The molecule has 0 saturated heterocycles. The van der Waals surface area contributed by atoms with E-state index in [4.69, 9.17) is 11.6 Å². The van der Waals surface area contributed by atoms with Crippen molar-refractivity contribution in [3.8, 4) is 5.95 Å². The van der Waals surface area contributed by atoms with Gasteiger partial charge in [0.2, 0.25) is 11.2 Å². The maximum atomic E-state index is 5.89. The maximum absolute atomic E-state index is 5.89. The second-order valence-electron chi connectivity index (χ2n) is 4.19. The summed E-state index contributed by atoms with van der Waals surface area (Å²) < 4.78 is 1.45. The van der Waals surface area contributed by atoms with E-state index in [1.807, 2.05) is 0 Å². The van der Waals surface area contributed by atoms with Crippen molar-refractivity contribution in [3.05, 3.63) is 17.9 Å². The van der Waals surface area contributed by atoms with Crippen LogP contribution in [0, 0.1) is 0 Å². The van der Waals surface area contributed by atoms with E-state index < -0.39 is 0 Å². The molecule has 0 radical (unpaired) electrons. The SMILES string of the molecule is Clc1nc(NC2CCCC2)nc(-n2cncn2)n1. The summed E-state index contributed by atoms with van der Waals surface area (Å²) in [4.78, 5) is 16.2. The van der Waals surface area contributed by atoms with Crippen molar-refractivity contribution in [2.75, 3.05) is 5.32 Å². The van der Waals surface area contributed by atoms with E-state index in [-0.39, 0.29) is 5.28 Å². The van der Waals surface area contributed by atoms with Crippen LogP contribution in [0.3, 0.4) is 0 Å². The van der Waals surface area contributed by atoms with Crippen LogP contribution in [0.1, 0.15) is 25.7 Å². The first-order valence-electron chi connectivity index (χ1n) is 5.84. The Balaban J connectivity index is 1.86. The predicted molar refractivity (Wildman–Crippen MR) is 65.6 cm³/mol. The van der Waals surface area contributed by atoms with Gasteiger partial charge < -0.3 is 5.32 Å². The second-order valence-corrected chi connectivity index (χ2v) is 4.53. The molecule has 1 aliphatic rings. The topological polar surface area (TPSA) is 81.4 Å². The lowest BCUT2D eigenvalue weighted by Crippen LogP contribution is -2.18. The van der Waals surface area contributed by atoms with E-state index in [1.54, 1.807) is 0 Å². The maximum Gasteiger partial charge on any atom is 0.258 e. The summed E-state index contributed by atoms with van der Waals surface area (Å²) in [6.07, 6.45) is 7.70. The van der Waals surface area contributed by atoms with Crippen LogP contribution < -0.4 is 5.32 Å². The average Bonchev–Trinajstić information content (AvgIpc) is 3.00. The molecular weight excluding hydrogens is 254 g/mol. The Labute approximate surface area is 109 Å². The van der Waals surface area contributed by atoms with Crippen LogP contribution >= 0.6 is 11.6 Å². The van der Waals surface area contributed by atoms with Crippen LogP contribution in [0.2, 0.25) is 5.28 Å². The molecule has 1 fully saturated rings. The van der Waals surface area contributed by atoms with Crippen molar-refractivity contribution in [1.29, 1.82) is 0 Å². The van der Waals surface area contributed by atoms with Crippen molar-refractivity contribution in [2.45, 2.75) is 31.7 Å². The lowest BCUT2D eigenvalue weighted by atomic mass is 10.3. The molecule has 8 heteroatoms. The highest BCUT2D eigenvalue weighted by Crippen LogP contribution is 2.21. The first kappa shape index (κ1) is 11.3. The van der Waals surface area contributed by atoms with Crippen LogP contribution in [-0.4, -0.2) is 35.8 Å². The van der Waals surface area contributed by atoms with Crippen molar-refractivity contribution in [3.63, 3.8) is 0 Å². The molecule has 18 heavy (non-hydrogen) atoms. The molecule has 0 amide bonds. The highest BCUT2D eigenvalue weighted by atomic mass is 35.5.